The van der Waals surface area contributed by atoms with Crippen LogP contribution >= 0.6 is 0 Å². The number of sulfonamides is 1. The van der Waals surface area contributed by atoms with E-state index in [1.807, 2.05) is 6.92 Å². The van der Waals surface area contributed by atoms with E-state index in [2.05, 4.69) is 17.0 Å². The Morgan fingerprint density at radius 3 is 2.29 bits per heavy atom. The second-order valence-electron chi connectivity index (χ2n) is 6.25. The SMILES string of the molecule is CCNc1ccc(S(=O)(=O)NCC2(C)CCCCC2)cc1. The summed E-state index contributed by atoms with van der Waals surface area (Å²) in [5, 5.41) is 3.16. The molecule has 1 aliphatic carbocycles. The van der Waals surface area contributed by atoms with Crippen LogP contribution in [0.25, 0.3) is 0 Å². The van der Waals surface area contributed by atoms with Crippen molar-refractivity contribution in [1.82, 2.24) is 4.72 Å². The van der Waals surface area contributed by atoms with Crippen molar-refractivity contribution in [2.24, 2.45) is 5.41 Å². The average Bonchev–Trinajstić information content (AvgIpc) is 2.47. The summed E-state index contributed by atoms with van der Waals surface area (Å²) in [6.07, 6.45) is 5.89. The Balaban J connectivity index is 2.00. The van der Waals surface area contributed by atoms with E-state index in [0.717, 1.165) is 25.1 Å². The molecule has 1 fully saturated rings. The van der Waals surface area contributed by atoms with Gasteiger partial charge in [-0.25, -0.2) is 13.1 Å². The summed E-state index contributed by atoms with van der Waals surface area (Å²) in [4.78, 5) is 0.337. The van der Waals surface area contributed by atoms with Gasteiger partial charge in [-0.05, 0) is 49.4 Å². The molecule has 118 valence electrons. The monoisotopic (exact) mass is 310 g/mol. The average molecular weight is 310 g/mol. The quantitative estimate of drug-likeness (QED) is 0.847. The molecule has 4 nitrogen and oxygen atoms in total. The Labute approximate surface area is 128 Å². The van der Waals surface area contributed by atoms with E-state index in [1.165, 1.54) is 19.3 Å². The Kier molecular flexibility index (Phi) is 5.27. The predicted molar refractivity (Wildman–Crippen MR) is 87.0 cm³/mol. The van der Waals surface area contributed by atoms with Crippen molar-refractivity contribution in [2.75, 3.05) is 18.4 Å². The molecule has 1 aromatic carbocycles. The third kappa shape index (κ3) is 4.45. The van der Waals surface area contributed by atoms with Crippen molar-refractivity contribution in [3.63, 3.8) is 0 Å². The summed E-state index contributed by atoms with van der Waals surface area (Å²) in [5.41, 5.74) is 1.05. The Hall–Kier alpha value is -1.07. The number of anilines is 1. The Morgan fingerprint density at radius 2 is 1.71 bits per heavy atom. The molecular formula is C16H26N2O2S. The number of hydrogen-bond acceptors (Lipinski definition) is 3. The van der Waals surface area contributed by atoms with Crippen LogP contribution in [0, 0.1) is 5.41 Å². The molecule has 0 aromatic heterocycles. The molecule has 0 bridgehead atoms. The first kappa shape index (κ1) is 16.3. The van der Waals surface area contributed by atoms with Gasteiger partial charge in [-0.1, -0.05) is 26.2 Å². The molecule has 1 aliphatic rings. The van der Waals surface area contributed by atoms with Gasteiger partial charge in [0.2, 0.25) is 10.0 Å². The molecule has 5 heteroatoms. The fraction of sp³-hybridized carbons (Fsp3) is 0.625. The van der Waals surface area contributed by atoms with E-state index in [0.29, 0.717) is 11.4 Å². The van der Waals surface area contributed by atoms with Gasteiger partial charge in [0, 0.05) is 18.8 Å². The second-order valence-corrected chi connectivity index (χ2v) is 8.02. The Bertz CT molecular complexity index is 546. The third-order valence-electron chi connectivity index (χ3n) is 4.30. The molecule has 2 rings (SSSR count). The van der Waals surface area contributed by atoms with Gasteiger partial charge in [-0.15, -0.1) is 0 Å². The van der Waals surface area contributed by atoms with Crippen LogP contribution in [0.15, 0.2) is 29.2 Å². The topological polar surface area (TPSA) is 58.2 Å². The highest BCUT2D eigenvalue weighted by molar-refractivity contribution is 7.89. The molecule has 0 radical (unpaired) electrons. The predicted octanol–water partition coefficient (Wildman–Crippen LogP) is 3.37. The number of benzene rings is 1. The van der Waals surface area contributed by atoms with Gasteiger partial charge in [0.15, 0.2) is 0 Å². The lowest BCUT2D eigenvalue weighted by atomic mass is 9.76. The number of hydrogen-bond donors (Lipinski definition) is 2. The lowest BCUT2D eigenvalue weighted by Gasteiger charge is -2.33. The van der Waals surface area contributed by atoms with Crippen LogP contribution in [0.2, 0.25) is 0 Å². The fourth-order valence-corrected chi connectivity index (χ4v) is 4.09. The second kappa shape index (κ2) is 6.79. The van der Waals surface area contributed by atoms with Crippen LogP contribution < -0.4 is 10.0 Å². The van der Waals surface area contributed by atoms with Crippen molar-refractivity contribution >= 4 is 15.7 Å². The molecule has 0 heterocycles. The van der Waals surface area contributed by atoms with Gasteiger partial charge < -0.3 is 5.32 Å². The first-order chi connectivity index (χ1) is 9.95. The van der Waals surface area contributed by atoms with E-state index in [4.69, 9.17) is 0 Å². The van der Waals surface area contributed by atoms with Crippen LogP contribution in [0.5, 0.6) is 0 Å². The molecule has 1 saturated carbocycles. The summed E-state index contributed by atoms with van der Waals surface area (Å²) in [5.74, 6) is 0. The van der Waals surface area contributed by atoms with Gasteiger partial charge in [0.05, 0.1) is 4.90 Å². The highest BCUT2D eigenvalue weighted by atomic mass is 32.2. The molecule has 2 N–H and O–H groups in total. The van der Waals surface area contributed by atoms with E-state index in [-0.39, 0.29) is 5.41 Å². The number of nitrogens with one attached hydrogen (secondary N) is 2. The molecule has 0 saturated heterocycles. The third-order valence-corrected chi connectivity index (χ3v) is 5.71. The minimum absolute atomic E-state index is 0.106. The largest absolute Gasteiger partial charge is 0.385 e. The van der Waals surface area contributed by atoms with E-state index >= 15 is 0 Å². The zero-order valence-corrected chi connectivity index (χ0v) is 13.8. The zero-order chi connectivity index (χ0) is 15.3. The minimum Gasteiger partial charge on any atom is -0.385 e. The molecule has 0 aliphatic heterocycles. The molecule has 0 unspecified atom stereocenters. The van der Waals surface area contributed by atoms with Crippen LogP contribution in [0.3, 0.4) is 0 Å². The van der Waals surface area contributed by atoms with Crippen molar-refractivity contribution in [1.29, 1.82) is 0 Å². The summed E-state index contributed by atoms with van der Waals surface area (Å²) >= 11 is 0. The van der Waals surface area contributed by atoms with E-state index < -0.39 is 10.0 Å². The summed E-state index contributed by atoms with van der Waals surface area (Å²) < 4.78 is 27.5. The summed E-state index contributed by atoms with van der Waals surface area (Å²) in [6, 6.07) is 6.92. The molecule has 21 heavy (non-hydrogen) atoms. The van der Waals surface area contributed by atoms with E-state index in [9.17, 15) is 8.42 Å². The van der Waals surface area contributed by atoms with Crippen LogP contribution in [-0.4, -0.2) is 21.5 Å². The molecule has 1 aromatic rings. The maximum Gasteiger partial charge on any atom is 0.240 e. The molecule has 0 spiro atoms. The normalized spacial score (nSPS) is 18.4. The highest BCUT2D eigenvalue weighted by Gasteiger charge is 2.28. The lowest BCUT2D eigenvalue weighted by Crippen LogP contribution is -2.37. The van der Waals surface area contributed by atoms with Crippen LogP contribution in [-0.2, 0) is 10.0 Å². The lowest BCUT2D eigenvalue weighted by molar-refractivity contribution is 0.219. The van der Waals surface area contributed by atoms with Gasteiger partial charge in [-0.2, -0.15) is 0 Å². The maximum atomic E-state index is 12.4. The van der Waals surface area contributed by atoms with Crippen LogP contribution in [0.4, 0.5) is 5.69 Å². The van der Waals surface area contributed by atoms with Crippen molar-refractivity contribution in [2.45, 2.75) is 50.8 Å². The maximum absolute atomic E-state index is 12.4. The van der Waals surface area contributed by atoms with Gasteiger partial charge in [0.1, 0.15) is 0 Å². The van der Waals surface area contributed by atoms with Crippen molar-refractivity contribution in [3.8, 4) is 0 Å². The van der Waals surface area contributed by atoms with Gasteiger partial charge in [0.25, 0.3) is 0 Å². The standard InChI is InChI=1S/C16H26N2O2S/c1-3-17-14-7-9-15(10-8-14)21(19,20)18-13-16(2)11-5-4-6-12-16/h7-10,17-18H,3-6,11-13H2,1-2H3. The fourth-order valence-electron chi connectivity index (χ4n) is 2.89. The smallest absolute Gasteiger partial charge is 0.240 e. The van der Waals surface area contributed by atoms with E-state index in [1.54, 1.807) is 24.3 Å². The van der Waals surface area contributed by atoms with Crippen molar-refractivity contribution < 1.29 is 8.42 Å². The zero-order valence-electron chi connectivity index (χ0n) is 13.0. The first-order valence-electron chi connectivity index (χ1n) is 7.79. The Morgan fingerprint density at radius 1 is 1.10 bits per heavy atom. The first-order valence-corrected chi connectivity index (χ1v) is 9.27. The van der Waals surface area contributed by atoms with Crippen molar-refractivity contribution in [3.05, 3.63) is 24.3 Å². The molecular weight excluding hydrogens is 284 g/mol. The molecule has 0 amide bonds. The van der Waals surface area contributed by atoms with Crippen LogP contribution in [0.1, 0.15) is 46.0 Å². The van der Waals surface area contributed by atoms with Gasteiger partial charge in [-0.3, -0.25) is 0 Å². The van der Waals surface area contributed by atoms with Gasteiger partial charge >= 0.3 is 0 Å². The summed E-state index contributed by atoms with van der Waals surface area (Å²) in [6.45, 7) is 5.55. The highest BCUT2D eigenvalue weighted by Crippen LogP contribution is 2.35. The summed E-state index contributed by atoms with van der Waals surface area (Å²) in [7, 11) is -3.41. The molecule has 0 atom stereocenters. The minimum atomic E-state index is -3.41. The number of rotatable bonds is 6.